The van der Waals surface area contributed by atoms with Gasteiger partial charge in [0.2, 0.25) is 5.62 Å². The fourth-order valence-corrected chi connectivity index (χ4v) is 2.39. The Morgan fingerprint density at radius 3 is 2.86 bits per heavy atom. The van der Waals surface area contributed by atoms with Crippen molar-refractivity contribution in [3.8, 4) is 0 Å². The molecule has 0 aliphatic rings. The summed E-state index contributed by atoms with van der Waals surface area (Å²) in [5.74, 6) is 0.204. The zero-order valence-corrected chi connectivity index (χ0v) is 12.5. The maximum atomic E-state index is 8.07. The molecule has 0 saturated heterocycles. The zero-order valence-electron chi connectivity index (χ0n) is 10.9. The first-order chi connectivity index (χ1) is 10.1. The number of nitrogens with zero attached hydrogens (tertiary/aromatic N) is 4. The van der Waals surface area contributed by atoms with E-state index in [2.05, 4.69) is 31.0 Å². The first kappa shape index (κ1) is 13.6. The number of halogens is 1. The summed E-state index contributed by atoms with van der Waals surface area (Å²) >= 11 is 3.40. The van der Waals surface area contributed by atoms with E-state index in [9.17, 15) is 0 Å². The summed E-state index contributed by atoms with van der Waals surface area (Å²) in [5.41, 5.74) is 1.82. The van der Waals surface area contributed by atoms with Crippen LogP contribution in [0.5, 0.6) is 0 Å². The number of rotatable bonds is 2. The molecule has 0 fully saturated rings. The maximum absolute atomic E-state index is 8.07. The van der Waals surface area contributed by atoms with Crippen LogP contribution in [0, 0.1) is 10.8 Å². The van der Waals surface area contributed by atoms with Gasteiger partial charge in [-0.2, -0.15) is 9.78 Å². The topological polar surface area (TPSA) is 91.3 Å². The minimum Gasteiger partial charge on any atom is -0.286 e. The monoisotopic (exact) mass is 342 g/mol. The lowest BCUT2D eigenvalue weighted by molar-refractivity contribution is 0.744. The van der Waals surface area contributed by atoms with E-state index < -0.39 is 0 Å². The molecule has 2 aromatic heterocycles. The Morgan fingerprint density at radius 2 is 2.05 bits per heavy atom. The van der Waals surface area contributed by atoms with Crippen LogP contribution < -0.4 is 5.62 Å². The molecule has 0 bridgehead atoms. The zero-order chi connectivity index (χ0) is 14.8. The van der Waals surface area contributed by atoms with Crippen molar-refractivity contribution in [1.29, 1.82) is 10.8 Å². The van der Waals surface area contributed by atoms with Gasteiger partial charge >= 0.3 is 0 Å². The molecular weight excluding hydrogens is 332 g/mol. The lowest BCUT2D eigenvalue weighted by atomic mass is 10.1. The smallest absolute Gasteiger partial charge is 0.244 e. The molecule has 6 nitrogen and oxygen atoms in total. The highest BCUT2D eigenvalue weighted by Crippen LogP contribution is 2.19. The summed E-state index contributed by atoms with van der Waals surface area (Å²) < 4.78 is 2.13. The molecule has 2 N–H and O–H groups in total. The van der Waals surface area contributed by atoms with Crippen LogP contribution >= 0.6 is 15.9 Å². The number of benzene rings is 1. The van der Waals surface area contributed by atoms with E-state index >= 15 is 0 Å². The molecule has 0 saturated carbocycles. The van der Waals surface area contributed by atoms with E-state index in [4.69, 9.17) is 10.8 Å². The Bertz CT molecular complexity index is 886. The highest BCUT2D eigenvalue weighted by Gasteiger charge is 2.06. The van der Waals surface area contributed by atoms with E-state index in [1.54, 1.807) is 6.20 Å². The molecule has 7 heteroatoms. The van der Waals surface area contributed by atoms with E-state index in [1.165, 1.54) is 17.1 Å². The first-order valence-electron chi connectivity index (χ1n) is 6.20. The van der Waals surface area contributed by atoms with Crippen molar-refractivity contribution in [2.24, 2.45) is 0 Å². The van der Waals surface area contributed by atoms with Crippen LogP contribution in [-0.4, -0.2) is 25.6 Å². The molecule has 0 unspecified atom stereocenters. The van der Waals surface area contributed by atoms with Gasteiger partial charge in [0.25, 0.3) is 0 Å². The molecule has 1 aromatic carbocycles. The van der Waals surface area contributed by atoms with Gasteiger partial charge in [-0.05, 0) is 39.7 Å². The van der Waals surface area contributed by atoms with E-state index in [0.717, 1.165) is 20.9 Å². The third-order valence-corrected chi connectivity index (χ3v) is 3.42. The van der Waals surface area contributed by atoms with Crippen LogP contribution in [0.2, 0.25) is 0 Å². The molecule has 104 valence electrons. The average Bonchev–Trinajstić information content (AvgIpc) is 2.47. The number of hydrogen-bond donors (Lipinski definition) is 2. The minimum atomic E-state index is -0.0484. The molecule has 0 aliphatic heterocycles. The third-order valence-electron chi connectivity index (χ3n) is 2.99. The lowest BCUT2D eigenvalue weighted by Gasteiger charge is -2.07. The molecule has 0 spiro atoms. The van der Waals surface area contributed by atoms with E-state index in [-0.39, 0.29) is 11.5 Å². The standard InChI is InChI=1S/C14H11BrN6/c15-11-7-10-5-9(1-2-12(10)19-8-11)6-13(16)21-14(17)18-3-4-20-21/h1-5,7-8,16-17H,6H2. The van der Waals surface area contributed by atoms with Crippen molar-refractivity contribution >= 4 is 32.7 Å². The predicted molar refractivity (Wildman–Crippen MR) is 82.1 cm³/mol. The molecule has 0 radical (unpaired) electrons. The molecule has 2 heterocycles. The molecule has 21 heavy (non-hydrogen) atoms. The van der Waals surface area contributed by atoms with Crippen molar-refractivity contribution in [1.82, 2.24) is 19.7 Å². The van der Waals surface area contributed by atoms with Gasteiger partial charge in [-0.25, -0.2) is 4.98 Å². The molecule has 0 amide bonds. The predicted octanol–water partition coefficient (Wildman–Crippen LogP) is 2.14. The van der Waals surface area contributed by atoms with Gasteiger partial charge in [-0.1, -0.05) is 6.07 Å². The Labute approximate surface area is 128 Å². The molecular formula is C14H11BrN6. The Hall–Kier alpha value is -2.41. The van der Waals surface area contributed by atoms with E-state index in [1.807, 2.05) is 24.3 Å². The van der Waals surface area contributed by atoms with Crippen LogP contribution in [-0.2, 0) is 6.42 Å². The van der Waals surface area contributed by atoms with Gasteiger partial charge in [0, 0.05) is 22.5 Å². The number of pyridine rings is 1. The largest absolute Gasteiger partial charge is 0.286 e. The average molecular weight is 343 g/mol. The van der Waals surface area contributed by atoms with Crippen molar-refractivity contribution in [2.45, 2.75) is 6.42 Å². The first-order valence-corrected chi connectivity index (χ1v) is 7.00. The van der Waals surface area contributed by atoms with E-state index in [0.29, 0.717) is 6.42 Å². The molecule has 0 aliphatic carbocycles. The summed E-state index contributed by atoms with van der Waals surface area (Å²) in [5, 5.41) is 20.7. The van der Waals surface area contributed by atoms with Crippen molar-refractivity contribution in [3.63, 3.8) is 0 Å². The summed E-state index contributed by atoms with van der Waals surface area (Å²) in [7, 11) is 0. The van der Waals surface area contributed by atoms with Crippen molar-refractivity contribution in [3.05, 3.63) is 58.5 Å². The van der Waals surface area contributed by atoms with Gasteiger partial charge in [0.05, 0.1) is 17.9 Å². The second kappa shape index (κ2) is 5.53. The maximum Gasteiger partial charge on any atom is 0.244 e. The van der Waals surface area contributed by atoms with Crippen LogP contribution in [0.4, 0.5) is 0 Å². The number of hydrogen-bond acceptors (Lipinski definition) is 5. The second-order valence-electron chi connectivity index (χ2n) is 4.48. The van der Waals surface area contributed by atoms with Crippen LogP contribution in [0.3, 0.4) is 0 Å². The Kier molecular flexibility index (Phi) is 3.57. The van der Waals surface area contributed by atoms with Crippen LogP contribution in [0.1, 0.15) is 5.56 Å². The lowest BCUT2D eigenvalue weighted by Crippen LogP contribution is -2.31. The fourth-order valence-electron chi connectivity index (χ4n) is 2.04. The number of nitrogens with one attached hydrogen (secondary N) is 2. The Balaban J connectivity index is 1.93. The highest BCUT2D eigenvalue weighted by atomic mass is 79.9. The summed E-state index contributed by atoms with van der Waals surface area (Å²) in [6.45, 7) is 0. The van der Waals surface area contributed by atoms with Gasteiger partial charge in [-0.15, -0.1) is 0 Å². The van der Waals surface area contributed by atoms with Gasteiger partial charge in [0.15, 0.2) is 0 Å². The third kappa shape index (κ3) is 2.87. The van der Waals surface area contributed by atoms with Crippen molar-refractivity contribution in [2.75, 3.05) is 0 Å². The van der Waals surface area contributed by atoms with Crippen molar-refractivity contribution < 1.29 is 0 Å². The van der Waals surface area contributed by atoms with Gasteiger partial charge in [0.1, 0.15) is 5.84 Å². The highest BCUT2D eigenvalue weighted by molar-refractivity contribution is 9.10. The van der Waals surface area contributed by atoms with Gasteiger partial charge < -0.3 is 0 Å². The number of fused-ring (bicyclic) bond motifs is 1. The second-order valence-corrected chi connectivity index (χ2v) is 5.40. The summed E-state index contributed by atoms with van der Waals surface area (Å²) in [6, 6.07) is 7.83. The molecule has 3 aromatic rings. The minimum absolute atomic E-state index is 0.0484. The SMILES string of the molecule is N=C(Cc1ccc2ncc(Br)cc2c1)n1nccnc1=N. The normalized spacial score (nSPS) is 10.7. The summed E-state index contributed by atoms with van der Waals surface area (Å²) in [6.07, 6.45) is 5.03. The quantitative estimate of drug-likeness (QED) is 0.552. The van der Waals surface area contributed by atoms with Gasteiger partial charge in [-0.3, -0.25) is 15.8 Å². The van der Waals surface area contributed by atoms with Crippen LogP contribution in [0.15, 0.2) is 47.3 Å². The number of aromatic nitrogens is 4. The molecule has 3 rings (SSSR count). The van der Waals surface area contributed by atoms with Crippen LogP contribution in [0.25, 0.3) is 10.9 Å². The molecule has 0 atom stereocenters. The Morgan fingerprint density at radius 1 is 1.19 bits per heavy atom. The fraction of sp³-hybridized carbons (Fsp3) is 0.0714. The summed E-state index contributed by atoms with van der Waals surface area (Å²) in [4.78, 5) is 8.13.